The van der Waals surface area contributed by atoms with Gasteiger partial charge in [-0.3, -0.25) is 4.79 Å². The fraction of sp³-hybridized carbons (Fsp3) is 0.857. The zero-order chi connectivity index (χ0) is 9.68. The van der Waals surface area contributed by atoms with Crippen molar-refractivity contribution < 1.29 is 9.53 Å². The Kier molecular flexibility index (Phi) is 4.08. The molecule has 0 aromatic carbocycles. The third kappa shape index (κ3) is 3.26. The lowest BCUT2D eigenvalue weighted by atomic mass is 10.2. The van der Waals surface area contributed by atoms with Crippen LogP contribution in [0.5, 0.6) is 0 Å². The molecule has 2 atom stereocenters. The average Bonchev–Trinajstić information content (AvgIpc) is 2.48. The highest BCUT2D eigenvalue weighted by molar-refractivity contribution is 8.14. The summed E-state index contributed by atoms with van der Waals surface area (Å²) in [5, 5.41) is 3.68. The standard InChI is InChI=1S/C7H11N3O2S/c1-5(11)13-7-2-3-12-6(7)4-9-10-8/h6-7H,2-4H2,1H3/t6-,7-/m1/s1. The predicted octanol–water partition coefficient (Wildman–Crippen LogP) is 1.73. The molecule has 1 heterocycles. The van der Waals surface area contributed by atoms with E-state index in [2.05, 4.69) is 10.0 Å². The quantitative estimate of drug-likeness (QED) is 0.396. The zero-order valence-electron chi connectivity index (χ0n) is 7.34. The van der Waals surface area contributed by atoms with Gasteiger partial charge in [-0.05, 0) is 12.0 Å². The molecule has 0 saturated carbocycles. The molecule has 0 aliphatic carbocycles. The van der Waals surface area contributed by atoms with Gasteiger partial charge in [-0.1, -0.05) is 16.9 Å². The van der Waals surface area contributed by atoms with Gasteiger partial charge in [0, 0.05) is 23.7 Å². The molecule has 0 N–H and O–H groups in total. The summed E-state index contributed by atoms with van der Waals surface area (Å²) in [5.74, 6) is 0. The maximum Gasteiger partial charge on any atom is 0.186 e. The van der Waals surface area contributed by atoms with Crippen molar-refractivity contribution in [3.63, 3.8) is 0 Å². The van der Waals surface area contributed by atoms with Gasteiger partial charge < -0.3 is 4.74 Å². The molecule has 0 radical (unpaired) electrons. The molecular weight excluding hydrogens is 190 g/mol. The lowest BCUT2D eigenvalue weighted by molar-refractivity contribution is -0.109. The molecule has 5 nitrogen and oxygen atoms in total. The van der Waals surface area contributed by atoms with Crippen molar-refractivity contribution in [3.8, 4) is 0 Å². The number of rotatable bonds is 3. The Balaban J connectivity index is 2.43. The van der Waals surface area contributed by atoms with Crippen LogP contribution >= 0.6 is 11.8 Å². The Morgan fingerprint density at radius 1 is 1.85 bits per heavy atom. The van der Waals surface area contributed by atoms with Crippen LogP contribution in [0.2, 0.25) is 0 Å². The predicted molar refractivity (Wildman–Crippen MR) is 50.4 cm³/mol. The third-order valence-electron chi connectivity index (χ3n) is 1.79. The summed E-state index contributed by atoms with van der Waals surface area (Å²) in [7, 11) is 0. The molecule has 72 valence electrons. The lowest BCUT2D eigenvalue weighted by Gasteiger charge is -2.13. The van der Waals surface area contributed by atoms with Gasteiger partial charge in [0.05, 0.1) is 12.6 Å². The number of nitrogens with zero attached hydrogens (tertiary/aromatic N) is 3. The maximum atomic E-state index is 10.8. The van der Waals surface area contributed by atoms with Crippen LogP contribution in [0.3, 0.4) is 0 Å². The molecule has 6 heteroatoms. The molecule has 0 aromatic heterocycles. The molecule has 0 amide bonds. The van der Waals surface area contributed by atoms with E-state index < -0.39 is 0 Å². The van der Waals surface area contributed by atoms with Crippen molar-refractivity contribution in [1.82, 2.24) is 0 Å². The van der Waals surface area contributed by atoms with Crippen LogP contribution in [0.25, 0.3) is 10.4 Å². The molecule has 0 bridgehead atoms. The second-order valence-corrected chi connectivity index (χ2v) is 4.18. The number of thioether (sulfide) groups is 1. The first-order valence-corrected chi connectivity index (χ1v) is 4.91. The maximum absolute atomic E-state index is 10.8. The van der Waals surface area contributed by atoms with Crippen LogP contribution in [0.1, 0.15) is 13.3 Å². The minimum Gasteiger partial charge on any atom is -0.377 e. The normalized spacial score (nSPS) is 26.8. The second-order valence-electron chi connectivity index (χ2n) is 2.76. The van der Waals surface area contributed by atoms with Crippen LogP contribution < -0.4 is 0 Å². The van der Waals surface area contributed by atoms with Gasteiger partial charge in [0.1, 0.15) is 0 Å². The van der Waals surface area contributed by atoms with Crippen LogP contribution in [-0.2, 0) is 9.53 Å². The van der Waals surface area contributed by atoms with E-state index in [-0.39, 0.29) is 16.5 Å². The molecule has 1 rings (SSSR count). The van der Waals surface area contributed by atoms with Gasteiger partial charge in [0.15, 0.2) is 5.12 Å². The fourth-order valence-electron chi connectivity index (χ4n) is 1.26. The molecule has 1 saturated heterocycles. The number of azide groups is 1. The van der Waals surface area contributed by atoms with E-state index in [4.69, 9.17) is 10.3 Å². The van der Waals surface area contributed by atoms with E-state index in [0.29, 0.717) is 13.2 Å². The summed E-state index contributed by atoms with van der Waals surface area (Å²) in [6.07, 6.45) is 0.764. The van der Waals surface area contributed by atoms with Crippen molar-refractivity contribution in [2.45, 2.75) is 24.7 Å². The van der Waals surface area contributed by atoms with Crippen LogP contribution in [0.15, 0.2) is 5.11 Å². The van der Waals surface area contributed by atoms with Gasteiger partial charge in [0.2, 0.25) is 0 Å². The first-order valence-electron chi connectivity index (χ1n) is 4.03. The second kappa shape index (κ2) is 5.11. The zero-order valence-corrected chi connectivity index (χ0v) is 8.16. The highest BCUT2D eigenvalue weighted by Gasteiger charge is 2.29. The van der Waals surface area contributed by atoms with E-state index in [1.54, 1.807) is 0 Å². The van der Waals surface area contributed by atoms with Crippen molar-refractivity contribution in [1.29, 1.82) is 0 Å². The van der Waals surface area contributed by atoms with Crippen LogP contribution in [-0.4, -0.2) is 29.6 Å². The Morgan fingerprint density at radius 3 is 3.23 bits per heavy atom. The monoisotopic (exact) mass is 201 g/mol. The highest BCUT2D eigenvalue weighted by Crippen LogP contribution is 2.27. The Morgan fingerprint density at radius 2 is 2.62 bits per heavy atom. The lowest BCUT2D eigenvalue weighted by Crippen LogP contribution is -2.22. The number of ether oxygens (including phenoxy) is 1. The van der Waals surface area contributed by atoms with Gasteiger partial charge >= 0.3 is 0 Å². The van der Waals surface area contributed by atoms with E-state index >= 15 is 0 Å². The minimum atomic E-state index is -0.0928. The summed E-state index contributed by atoms with van der Waals surface area (Å²) in [6, 6.07) is 0. The molecular formula is C7H11N3O2S. The van der Waals surface area contributed by atoms with Crippen LogP contribution in [0.4, 0.5) is 0 Å². The third-order valence-corrected chi connectivity index (χ3v) is 2.97. The van der Waals surface area contributed by atoms with Crippen molar-refractivity contribution >= 4 is 16.9 Å². The molecule has 1 fully saturated rings. The van der Waals surface area contributed by atoms with Gasteiger partial charge in [0.25, 0.3) is 0 Å². The molecule has 0 spiro atoms. The molecule has 0 aromatic rings. The van der Waals surface area contributed by atoms with E-state index in [1.165, 1.54) is 18.7 Å². The summed E-state index contributed by atoms with van der Waals surface area (Å²) in [6.45, 7) is 2.51. The average molecular weight is 201 g/mol. The summed E-state index contributed by atoms with van der Waals surface area (Å²) in [4.78, 5) is 13.5. The topological polar surface area (TPSA) is 75.1 Å². The largest absolute Gasteiger partial charge is 0.377 e. The number of hydrogen-bond acceptors (Lipinski definition) is 4. The van der Waals surface area contributed by atoms with Crippen molar-refractivity contribution in [3.05, 3.63) is 10.4 Å². The molecule has 0 unspecified atom stereocenters. The smallest absolute Gasteiger partial charge is 0.186 e. The summed E-state index contributed by atoms with van der Waals surface area (Å²) in [5.41, 5.74) is 8.12. The number of carbonyl (C=O) groups is 1. The van der Waals surface area contributed by atoms with Crippen molar-refractivity contribution in [2.75, 3.05) is 13.2 Å². The SMILES string of the molecule is CC(=O)S[C@@H]1CCO[C@@H]1CN=[N+]=[N-]. The summed E-state index contributed by atoms with van der Waals surface area (Å²) < 4.78 is 5.33. The van der Waals surface area contributed by atoms with Crippen LogP contribution in [0, 0.1) is 0 Å². The van der Waals surface area contributed by atoms with E-state index in [0.717, 1.165) is 6.42 Å². The summed E-state index contributed by atoms with van der Waals surface area (Å²) >= 11 is 1.27. The number of carbonyl (C=O) groups excluding carboxylic acids is 1. The first-order chi connectivity index (χ1) is 6.24. The molecule has 1 aliphatic heterocycles. The van der Waals surface area contributed by atoms with Gasteiger partial charge in [-0.15, -0.1) is 0 Å². The van der Waals surface area contributed by atoms with Gasteiger partial charge in [-0.2, -0.15) is 0 Å². The first kappa shape index (κ1) is 10.4. The highest BCUT2D eigenvalue weighted by atomic mass is 32.2. The minimum absolute atomic E-state index is 0.0847. The molecule has 1 aliphatic rings. The van der Waals surface area contributed by atoms with E-state index in [9.17, 15) is 4.79 Å². The Labute approximate surface area is 80.5 Å². The van der Waals surface area contributed by atoms with Gasteiger partial charge in [-0.25, -0.2) is 0 Å². The van der Waals surface area contributed by atoms with Crippen molar-refractivity contribution in [2.24, 2.45) is 5.11 Å². The number of hydrogen-bond donors (Lipinski definition) is 0. The fourth-order valence-corrected chi connectivity index (χ4v) is 2.22. The molecule has 13 heavy (non-hydrogen) atoms. The Bertz CT molecular complexity index is 230. The van der Waals surface area contributed by atoms with E-state index in [1.807, 2.05) is 0 Å². The Hall–Kier alpha value is -0.710.